The molecule has 112 valence electrons. The van der Waals surface area contributed by atoms with Gasteiger partial charge in [-0.3, -0.25) is 9.89 Å². The second-order valence-corrected chi connectivity index (χ2v) is 6.95. The summed E-state index contributed by atoms with van der Waals surface area (Å²) in [6, 6.07) is 0.251. The molecule has 1 aliphatic carbocycles. The number of aromatic amines is 1. The molecule has 5 nitrogen and oxygen atoms in total. The van der Waals surface area contributed by atoms with Gasteiger partial charge in [0.05, 0.1) is 0 Å². The smallest absolute Gasteiger partial charge is 0.291 e. The van der Waals surface area contributed by atoms with Crippen LogP contribution >= 0.6 is 0 Å². The summed E-state index contributed by atoms with van der Waals surface area (Å²) in [6.45, 7) is 8.35. The Morgan fingerprint density at radius 1 is 1.25 bits per heavy atom. The number of nitrogens with zero attached hydrogens (tertiary/aromatic N) is 2. The van der Waals surface area contributed by atoms with Gasteiger partial charge in [-0.05, 0) is 18.8 Å². The molecule has 1 heterocycles. The number of carbonyl (C=O) groups is 1. The molecule has 2 rings (SSSR count). The maximum atomic E-state index is 12.3. The monoisotopic (exact) mass is 278 g/mol. The maximum absolute atomic E-state index is 12.3. The summed E-state index contributed by atoms with van der Waals surface area (Å²) < 4.78 is 0. The predicted molar refractivity (Wildman–Crippen MR) is 78.6 cm³/mol. The van der Waals surface area contributed by atoms with Crippen LogP contribution in [0.1, 0.15) is 76.2 Å². The summed E-state index contributed by atoms with van der Waals surface area (Å²) in [7, 11) is 0. The Balaban J connectivity index is 2.02. The minimum absolute atomic E-state index is 0.124. The standard InChI is InChI=1S/C15H26N4O/c1-10-8-6-5-7-9-11(10)16-13(20)12-17-14(19-18-12)15(2,3)4/h10-11H,5-9H2,1-4H3,(H,16,20)(H,17,18,19). The van der Waals surface area contributed by atoms with Gasteiger partial charge >= 0.3 is 0 Å². The molecule has 0 bridgehead atoms. The first kappa shape index (κ1) is 15.0. The summed E-state index contributed by atoms with van der Waals surface area (Å²) >= 11 is 0. The first-order chi connectivity index (χ1) is 9.38. The lowest BCUT2D eigenvalue weighted by Crippen LogP contribution is -2.39. The Morgan fingerprint density at radius 3 is 2.60 bits per heavy atom. The van der Waals surface area contributed by atoms with Gasteiger partial charge in [0.15, 0.2) is 0 Å². The Kier molecular flexibility index (Phi) is 4.45. The summed E-state index contributed by atoms with van der Waals surface area (Å²) in [5.74, 6) is 1.38. The Labute approximate surface area is 120 Å². The molecule has 2 atom stereocenters. The average molecular weight is 278 g/mol. The topological polar surface area (TPSA) is 70.7 Å². The van der Waals surface area contributed by atoms with E-state index in [0.29, 0.717) is 5.92 Å². The van der Waals surface area contributed by atoms with E-state index in [9.17, 15) is 4.79 Å². The van der Waals surface area contributed by atoms with Gasteiger partial charge in [0.1, 0.15) is 5.82 Å². The average Bonchev–Trinajstić information content (AvgIpc) is 2.78. The highest BCUT2D eigenvalue weighted by Gasteiger charge is 2.25. The third-order valence-corrected chi connectivity index (χ3v) is 4.08. The zero-order valence-electron chi connectivity index (χ0n) is 13.0. The Bertz CT molecular complexity index is 461. The fourth-order valence-corrected chi connectivity index (χ4v) is 2.64. The highest BCUT2D eigenvalue weighted by atomic mass is 16.2. The zero-order chi connectivity index (χ0) is 14.8. The highest BCUT2D eigenvalue weighted by molar-refractivity contribution is 5.90. The van der Waals surface area contributed by atoms with Crippen molar-refractivity contribution in [3.63, 3.8) is 0 Å². The van der Waals surface area contributed by atoms with Crippen LogP contribution in [-0.2, 0) is 5.41 Å². The quantitative estimate of drug-likeness (QED) is 0.817. The first-order valence-corrected chi connectivity index (χ1v) is 7.61. The molecule has 2 unspecified atom stereocenters. The van der Waals surface area contributed by atoms with Gasteiger partial charge in [-0.15, -0.1) is 5.10 Å². The minimum atomic E-state index is -0.157. The van der Waals surface area contributed by atoms with Gasteiger partial charge in [0.2, 0.25) is 5.82 Å². The number of rotatable bonds is 2. The normalized spacial score (nSPS) is 24.2. The van der Waals surface area contributed by atoms with Crippen LogP contribution in [0.15, 0.2) is 0 Å². The molecule has 0 aromatic carbocycles. The van der Waals surface area contributed by atoms with Crippen LogP contribution in [0.4, 0.5) is 0 Å². The molecule has 0 aliphatic heterocycles. The molecule has 1 aliphatic rings. The van der Waals surface area contributed by atoms with Gasteiger partial charge in [0, 0.05) is 11.5 Å². The molecule has 5 heteroatoms. The fourth-order valence-electron chi connectivity index (χ4n) is 2.64. The van der Waals surface area contributed by atoms with E-state index in [1.165, 1.54) is 25.7 Å². The molecule has 1 aromatic heterocycles. The second kappa shape index (κ2) is 5.94. The van der Waals surface area contributed by atoms with Crippen molar-refractivity contribution in [1.82, 2.24) is 20.5 Å². The van der Waals surface area contributed by atoms with Crippen LogP contribution in [0.5, 0.6) is 0 Å². The molecule has 0 saturated heterocycles. The van der Waals surface area contributed by atoms with Crippen LogP contribution in [0.25, 0.3) is 0 Å². The van der Waals surface area contributed by atoms with Crippen LogP contribution in [0, 0.1) is 5.92 Å². The van der Waals surface area contributed by atoms with E-state index in [2.05, 4.69) is 27.4 Å². The molecule has 0 spiro atoms. The van der Waals surface area contributed by atoms with Crippen LogP contribution < -0.4 is 5.32 Å². The number of H-pyrrole nitrogens is 1. The molecule has 0 radical (unpaired) electrons. The number of hydrogen-bond donors (Lipinski definition) is 2. The number of aromatic nitrogens is 3. The maximum Gasteiger partial charge on any atom is 0.291 e. The van der Waals surface area contributed by atoms with E-state index < -0.39 is 0 Å². The van der Waals surface area contributed by atoms with Crippen molar-refractivity contribution in [1.29, 1.82) is 0 Å². The molecular formula is C15H26N4O. The highest BCUT2D eigenvalue weighted by Crippen LogP contribution is 2.23. The molecular weight excluding hydrogens is 252 g/mol. The summed E-state index contributed by atoms with van der Waals surface area (Å²) in [4.78, 5) is 16.6. The minimum Gasteiger partial charge on any atom is -0.346 e. The molecule has 1 amide bonds. The third kappa shape index (κ3) is 3.58. The predicted octanol–water partition coefficient (Wildman–Crippen LogP) is 2.80. The van der Waals surface area contributed by atoms with Gasteiger partial charge < -0.3 is 5.32 Å². The summed E-state index contributed by atoms with van der Waals surface area (Å²) in [5.41, 5.74) is -0.124. The summed E-state index contributed by atoms with van der Waals surface area (Å²) in [5, 5.41) is 10.0. The molecule has 1 aromatic rings. The third-order valence-electron chi connectivity index (χ3n) is 4.08. The van der Waals surface area contributed by atoms with Crippen molar-refractivity contribution in [3.05, 3.63) is 11.6 Å². The van der Waals surface area contributed by atoms with Gasteiger partial charge in [-0.2, -0.15) is 0 Å². The Morgan fingerprint density at radius 2 is 1.95 bits per heavy atom. The van der Waals surface area contributed by atoms with Crippen molar-refractivity contribution >= 4 is 5.91 Å². The fraction of sp³-hybridized carbons (Fsp3) is 0.800. The van der Waals surface area contributed by atoms with Crippen molar-refractivity contribution in [3.8, 4) is 0 Å². The lowest BCUT2D eigenvalue weighted by atomic mass is 9.96. The van der Waals surface area contributed by atoms with Crippen LogP contribution in [-0.4, -0.2) is 27.1 Å². The van der Waals surface area contributed by atoms with E-state index in [0.717, 1.165) is 12.2 Å². The van der Waals surface area contributed by atoms with E-state index >= 15 is 0 Å². The largest absolute Gasteiger partial charge is 0.346 e. The van der Waals surface area contributed by atoms with Crippen molar-refractivity contribution in [2.24, 2.45) is 5.92 Å². The molecule has 2 N–H and O–H groups in total. The lowest BCUT2D eigenvalue weighted by molar-refractivity contribution is 0.0911. The first-order valence-electron chi connectivity index (χ1n) is 7.61. The molecule has 1 saturated carbocycles. The SMILES string of the molecule is CC1CCCCCC1NC(=O)c1n[nH]c(C(C)(C)C)n1. The lowest BCUT2D eigenvalue weighted by Gasteiger charge is -2.22. The van der Waals surface area contributed by atoms with E-state index in [-0.39, 0.29) is 23.2 Å². The van der Waals surface area contributed by atoms with Crippen molar-refractivity contribution in [2.75, 3.05) is 0 Å². The van der Waals surface area contributed by atoms with Gasteiger partial charge in [0.25, 0.3) is 5.91 Å². The van der Waals surface area contributed by atoms with Gasteiger partial charge in [-0.25, -0.2) is 4.98 Å². The molecule has 1 fully saturated rings. The second-order valence-electron chi connectivity index (χ2n) is 6.95. The van der Waals surface area contributed by atoms with Gasteiger partial charge in [-0.1, -0.05) is 47.0 Å². The Hall–Kier alpha value is -1.39. The number of carbonyl (C=O) groups excluding carboxylic acids is 1. The summed E-state index contributed by atoms with van der Waals surface area (Å²) in [6.07, 6.45) is 5.97. The van der Waals surface area contributed by atoms with E-state index in [4.69, 9.17) is 0 Å². The van der Waals surface area contributed by atoms with Crippen molar-refractivity contribution < 1.29 is 4.79 Å². The zero-order valence-corrected chi connectivity index (χ0v) is 13.0. The number of hydrogen-bond acceptors (Lipinski definition) is 3. The van der Waals surface area contributed by atoms with E-state index in [1.807, 2.05) is 20.8 Å². The van der Waals surface area contributed by atoms with E-state index in [1.54, 1.807) is 0 Å². The number of amides is 1. The number of nitrogens with one attached hydrogen (secondary N) is 2. The van der Waals surface area contributed by atoms with Crippen LogP contribution in [0.2, 0.25) is 0 Å². The molecule has 20 heavy (non-hydrogen) atoms. The van der Waals surface area contributed by atoms with Crippen molar-refractivity contribution in [2.45, 2.75) is 71.3 Å². The van der Waals surface area contributed by atoms with Crippen LogP contribution in [0.3, 0.4) is 0 Å².